The van der Waals surface area contributed by atoms with Crippen LogP contribution in [0.25, 0.3) is 0 Å². The molecule has 2 aromatic carbocycles. The Bertz CT molecular complexity index is 1190. The molecule has 2 aliphatic carbocycles. The molecule has 0 unspecified atom stereocenters. The predicted octanol–water partition coefficient (Wildman–Crippen LogP) is 3.35. The Morgan fingerprint density at radius 2 is 1.67 bits per heavy atom. The van der Waals surface area contributed by atoms with Crippen molar-refractivity contribution in [2.45, 2.75) is 26.4 Å². The van der Waals surface area contributed by atoms with E-state index in [0.29, 0.717) is 11.3 Å². The van der Waals surface area contributed by atoms with Crippen molar-refractivity contribution in [3.63, 3.8) is 0 Å². The smallest absolute Gasteiger partial charge is 0.338 e. The number of oxime groups is 1. The van der Waals surface area contributed by atoms with E-state index in [9.17, 15) is 14.4 Å². The van der Waals surface area contributed by atoms with Gasteiger partial charge in [-0.15, -0.1) is 0 Å². The van der Waals surface area contributed by atoms with Crippen molar-refractivity contribution >= 4 is 29.2 Å². The number of aryl methyl sites for hydroxylation is 1. The van der Waals surface area contributed by atoms with Crippen LogP contribution in [0.4, 0.5) is 5.69 Å². The fourth-order valence-electron chi connectivity index (χ4n) is 6.30. The molecule has 2 aromatic rings. The summed E-state index contributed by atoms with van der Waals surface area (Å²) in [6, 6.07) is 14.7. The predicted molar refractivity (Wildman–Crippen MR) is 120 cm³/mol. The number of carbonyl (C=O) groups is 3. The van der Waals surface area contributed by atoms with Crippen molar-refractivity contribution in [1.29, 1.82) is 0 Å². The lowest BCUT2D eigenvalue weighted by Gasteiger charge is -2.29. The van der Waals surface area contributed by atoms with Crippen LogP contribution >= 0.6 is 0 Å². The van der Waals surface area contributed by atoms with E-state index in [4.69, 9.17) is 9.57 Å². The fraction of sp³-hybridized carbons (Fsp3) is 0.385. The first kappa shape index (κ1) is 20.1. The topological polar surface area (TPSA) is 85.3 Å². The van der Waals surface area contributed by atoms with Crippen LogP contribution in [0.15, 0.2) is 53.7 Å². The van der Waals surface area contributed by atoms with Crippen molar-refractivity contribution in [2.75, 3.05) is 11.5 Å². The van der Waals surface area contributed by atoms with Crippen LogP contribution in [-0.2, 0) is 19.2 Å². The SMILES string of the molecule is CCOC(=O)c1ccc(N2C(=O)[C@H]3[C@@H]4C[C@H]([C@H]5C(c6ccc(C)cc6)=NO[C@H]45)[C@@H]3C2=O)cc1. The molecule has 6 rings (SSSR count). The van der Waals surface area contributed by atoms with Gasteiger partial charge >= 0.3 is 5.97 Å². The first-order chi connectivity index (χ1) is 16.0. The lowest BCUT2D eigenvalue weighted by Crippen LogP contribution is -2.41. The van der Waals surface area contributed by atoms with Crippen LogP contribution in [0.5, 0.6) is 0 Å². The van der Waals surface area contributed by atoms with Gasteiger partial charge in [-0.3, -0.25) is 14.5 Å². The zero-order chi connectivity index (χ0) is 22.9. The number of benzene rings is 2. The minimum Gasteiger partial charge on any atom is -0.462 e. The Kier molecular flexibility index (Phi) is 4.44. The lowest BCUT2D eigenvalue weighted by molar-refractivity contribution is -0.125. The van der Waals surface area contributed by atoms with Gasteiger partial charge in [-0.1, -0.05) is 35.0 Å². The largest absolute Gasteiger partial charge is 0.462 e. The van der Waals surface area contributed by atoms with Gasteiger partial charge in [-0.2, -0.15) is 0 Å². The van der Waals surface area contributed by atoms with Gasteiger partial charge in [0, 0.05) is 11.8 Å². The minimum atomic E-state index is -0.425. The van der Waals surface area contributed by atoms with Crippen molar-refractivity contribution < 1.29 is 24.0 Å². The molecule has 1 saturated heterocycles. The molecule has 2 saturated carbocycles. The third kappa shape index (κ3) is 2.81. The highest BCUT2D eigenvalue weighted by Gasteiger charge is 2.70. The fourth-order valence-corrected chi connectivity index (χ4v) is 6.30. The summed E-state index contributed by atoms with van der Waals surface area (Å²) < 4.78 is 5.02. The maximum Gasteiger partial charge on any atom is 0.338 e. The average Bonchev–Trinajstić information content (AvgIpc) is 3.55. The molecule has 0 radical (unpaired) electrons. The summed E-state index contributed by atoms with van der Waals surface area (Å²) in [4.78, 5) is 46.0. The third-order valence-corrected chi connectivity index (χ3v) is 7.67. The van der Waals surface area contributed by atoms with Gasteiger partial charge < -0.3 is 9.57 Å². The molecule has 2 heterocycles. The van der Waals surface area contributed by atoms with E-state index in [-0.39, 0.29) is 54.1 Å². The standard InChI is InChI=1S/C26H24N2O5/c1-3-32-26(31)15-8-10-16(11-9-15)28-24(29)19-17-12-18(20(19)25(28)30)23-21(17)22(27-33-23)14-6-4-13(2)5-7-14/h4-11,17-21,23H,3,12H2,1-2H3/t17-,18-,19-,20-,21-,23+/m0/s1. The molecule has 7 nitrogen and oxygen atoms in total. The molecule has 7 heteroatoms. The van der Waals surface area contributed by atoms with E-state index in [1.807, 2.05) is 31.2 Å². The quantitative estimate of drug-likeness (QED) is 0.533. The first-order valence-electron chi connectivity index (χ1n) is 11.5. The Balaban J connectivity index is 1.28. The van der Waals surface area contributed by atoms with Crippen LogP contribution in [0.2, 0.25) is 0 Å². The minimum absolute atomic E-state index is 0.0167. The Morgan fingerprint density at radius 3 is 2.33 bits per heavy atom. The van der Waals surface area contributed by atoms with Crippen molar-refractivity contribution in [3.8, 4) is 0 Å². The Labute approximate surface area is 191 Å². The van der Waals surface area contributed by atoms with Crippen molar-refractivity contribution in [1.82, 2.24) is 0 Å². The molecule has 2 amide bonds. The van der Waals surface area contributed by atoms with Gasteiger partial charge in [0.05, 0.1) is 35.4 Å². The molecule has 4 aliphatic rings. The lowest BCUT2D eigenvalue weighted by atomic mass is 9.71. The number of fused-ring (bicyclic) bond motifs is 8. The van der Waals surface area contributed by atoms with E-state index in [0.717, 1.165) is 17.7 Å². The highest BCUT2D eigenvalue weighted by atomic mass is 16.6. The third-order valence-electron chi connectivity index (χ3n) is 7.67. The summed E-state index contributed by atoms with van der Waals surface area (Å²) in [6.07, 6.45) is 0.651. The second-order valence-electron chi connectivity index (χ2n) is 9.33. The molecular formula is C26H24N2O5. The van der Waals surface area contributed by atoms with Gasteiger partial charge in [0.15, 0.2) is 0 Å². The normalized spacial score (nSPS) is 31.3. The Hall–Kier alpha value is -3.48. The Morgan fingerprint density at radius 1 is 1.00 bits per heavy atom. The van der Waals surface area contributed by atoms with Crippen LogP contribution in [0.3, 0.4) is 0 Å². The molecule has 0 N–H and O–H groups in total. The van der Waals surface area contributed by atoms with Crippen LogP contribution in [0, 0.1) is 36.5 Å². The van der Waals surface area contributed by atoms with Gasteiger partial charge in [-0.25, -0.2) is 4.79 Å². The van der Waals surface area contributed by atoms with Crippen LogP contribution < -0.4 is 4.90 Å². The molecule has 3 fully saturated rings. The summed E-state index contributed by atoms with van der Waals surface area (Å²) in [6.45, 7) is 4.07. The summed E-state index contributed by atoms with van der Waals surface area (Å²) >= 11 is 0. The van der Waals surface area contributed by atoms with E-state index in [2.05, 4.69) is 5.16 Å². The van der Waals surface area contributed by atoms with Crippen LogP contribution in [0.1, 0.15) is 34.8 Å². The molecule has 168 valence electrons. The number of nitrogens with zero attached hydrogens (tertiary/aromatic N) is 2. The molecule has 2 bridgehead atoms. The van der Waals surface area contributed by atoms with E-state index >= 15 is 0 Å². The summed E-state index contributed by atoms with van der Waals surface area (Å²) in [5.74, 6) is -1.44. The number of anilines is 1. The monoisotopic (exact) mass is 444 g/mol. The molecule has 0 spiro atoms. The highest BCUT2D eigenvalue weighted by Crippen LogP contribution is 2.62. The molecule has 0 aromatic heterocycles. The molecule has 33 heavy (non-hydrogen) atoms. The zero-order valence-electron chi connectivity index (χ0n) is 18.4. The first-order valence-corrected chi connectivity index (χ1v) is 11.5. The van der Waals surface area contributed by atoms with Gasteiger partial charge in [0.25, 0.3) is 0 Å². The number of esters is 1. The summed E-state index contributed by atoms with van der Waals surface area (Å²) in [7, 11) is 0. The number of hydrogen-bond donors (Lipinski definition) is 0. The zero-order valence-corrected chi connectivity index (χ0v) is 18.4. The van der Waals surface area contributed by atoms with Crippen molar-refractivity contribution in [2.24, 2.45) is 34.7 Å². The highest BCUT2D eigenvalue weighted by molar-refractivity contribution is 6.23. The summed E-state index contributed by atoms with van der Waals surface area (Å²) in [5.41, 5.74) is 3.96. The van der Waals surface area contributed by atoms with Crippen LogP contribution in [-0.4, -0.2) is 36.2 Å². The average molecular weight is 444 g/mol. The second kappa shape index (κ2) is 7.27. The maximum atomic E-state index is 13.5. The summed E-state index contributed by atoms with van der Waals surface area (Å²) in [5, 5.41) is 4.39. The van der Waals surface area contributed by atoms with E-state index < -0.39 is 5.97 Å². The number of hydrogen-bond acceptors (Lipinski definition) is 6. The molecule has 6 atom stereocenters. The van der Waals surface area contributed by atoms with Crippen molar-refractivity contribution in [3.05, 3.63) is 65.2 Å². The van der Waals surface area contributed by atoms with E-state index in [1.54, 1.807) is 31.2 Å². The second-order valence-corrected chi connectivity index (χ2v) is 9.33. The number of ether oxygens (including phenoxy) is 1. The van der Waals surface area contributed by atoms with Gasteiger partial charge in [-0.05, 0) is 56.0 Å². The van der Waals surface area contributed by atoms with Gasteiger partial charge in [0.2, 0.25) is 11.8 Å². The number of carbonyl (C=O) groups excluding carboxylic acids is 3. The maximum absolute atomic E-state index is 13.5. The molecule has 2 aliphatic heterocycles. The van der Waals surface area contributed by atoms with Gasteiger partial charge in [0.1, 0.15) is 6.10 Å². The number of imide groups is 1. The number of amides is 2. The van der Waals surface area contributed by atoms with E-state index in [1.165, 1.54) is 10.5 Å². The number of rotatable bonds is 4. The molecular weight excluding hydrogens is 420 g/mol.